The quantitative estimate of drug-likeness (QED) is 0.345. The normalized spacial score (nSPS) is 22.7. The summed E-state index contributed by atoms with van der Waals surface area (Å²) in [5.41, 5.74) is 1.37. The van der Waals surface area contributed by atoms with E-state index in [9.17, 15) is 18.0 Å². The van der Waals surface area contributed by atoms with E-state index in [-0.39, 0.29) is 47.7 Å². The standard InChI is InChI=1S/C27H27F3N4O5/c1-36-26(35)21-12-32-23(13-31-21)34-16-8-9-17(34)11-18(10-16)37-14-20-24(33-39-25(20)15-6-7-15)19-4-2-3-5-22(19)38-27(28,29)30/h2-5,12-13,15-18H,6-11,14H2,1H3/t16-,17+,18-. The number of carbonyl (C=O) groups is 1. The Morgan fingerprint density at radius 2 is 1.82 bits per heavy atom. The minimum atomic E-state index is -4.83. The predicted molar refractivity (Wildman–Crippen MR) is 131 cm³/mol. The van der Waals surface area contributed by atoms with Crippen LogP contribution in [0.25, 0.3) is 11.3 Å². The van der Waals surface area contributed by atoms with Crippen molar-refractivity contribution < 1.29 is 36.7 Å². The van der Waals surface area contributed by atoms with E-state index in [1.54, 1.807) is 18.3 Å². The number of rotatable bonds is 8. The van der Waals surface area contributed by atoms with Gasteiger partial charge in [-0.25, -0.2) is 14.8 Å². The number of para-hydroxylation sites is 1. The second kappa shape index (κ2) is 10.1. The highest BCUT2D eigenvalue weighted by atomic mass is 19.4. The Balaban J connectivity index is 1.18. The molecule has 1 aromatic carbocycles. The first kappa shape index (κ1) is 25.6. The monoisotopic (exact) mass is 544 g/mol. The number of halogens is 3. The number of fused-ring (bicyclic) bond motifs is 2. The first-order chi connectivity index (χ1) is 18.8. The van der Waals surface area contributed by atoms with Gasteiger partial charge in [-0.3, -0.25) is 0 Å². The molecule has 2 bridgehead atoms. The van der Waals surface area contributed by atoms with Crippen LogP contribution < -0.4 is 9.64 Å². The maximum absolute atomic E-state index is 13.1. The van der Waals surface area contributed by atoms with Crippen LogP contribution in [0.4, 0.5) is 19.0 Å². The predicted octanol–water partition coefficient (Wildman–Crippen LogP) is 5.41. The van der Waals surface area contributed by atoms with Crippen molar-refractivity contribution in [2.75, 3.05) is 12.0 Å². The molecule has 3 atom stereocenters. The van der Waals surface area contributed by atoms with Crippen LogP contribution in [-0.4, -0.2) is 52.8 Å². The summed E-state index contributed by atoms with van der Waals surface area (Å²) in [6.07, 6.45) is 3.55. The van der Waals surface area contributed by atoms with E-state index in [1.807, 2.05) is 0 Å². The number of nitrogens with zero attached hydrogens (tertiary/aromatic N) is 4. The Kier molecular flexibility index (Phi) is 6.66. The van der Waals surface area contributed by atoms with Gasteiger partial charge in [0, 0.05) is 29.1 Å². The van der Waals surface area contributed by atoms with E-state index in [0.29, 0.717) is 22.8 Å². The summed E-state index contributed by atoms with van der Waals surface area (Å²) in [6.45, 7) is 0.183. The fraction of sp³-hybridized carbons (Fsp3) is 0.481. The number of ether oxygens (including phenoxy) is 3. The summed E-state index contributed by atoms with van der Waals surface area (Å²) in [5, 5.41) is 4.16. The van der Waals surface area contributed by atoms with Gasteiger partial charge in [0.2, 0.25) is 0 Å². The van der Waals surface area contributed by atoms with Gasteiger partial charge in [-0.15, -0.1) is 13.2 Å². The van der Waals surface area contributed by atoms with Gasteiger partial charge >= 0.3 is 12.3 Å². The summed E-state index contributed by atoms with van der Waals surface area (Å²) >= 11 is 0. The van der Waals surface area contributed by atoms with Crippen LogP contribution in [0.15, 0.2) is 41.2 Å². The van der Waals surface area contributed by atoms with Gasteiger partial charge in [0.1, 0.15) is 23.0 Å². The average Bonchev–Trinajstić information content (AvgIpc) is 3.62. The minimum absolute atomic E-state index is 0.0440. The largest absolute Gasteiger partial charge is 0.573 e. The smallest absolute Gasteiger partial charge is 0.464 e. The van der Waals surface area contributed by atoms with Gasteiger partial charge in [0.15, 0.2) is 5.69 Å². The molecule has 3 fully saturated rings. The van der Waals surface area contributed by atoms with E-state index in [0.717, 1.165) is 38.5 Å². The first-order valence-corrected chi connectivity index (χ1v) is 12.9. The lowest BCUT2D eigenvalue weighted by Gasteiger charge is -2.39. The molecule has 3 aliphatic rings. The molecule has 1 saturated carbocycles. The Labute approximate surface area is 222 Å². The molecule has 2 saturated heterocycles. The second-order valence-electron chi connectivity index (χ2n) is 10.1. The lowest BCUT2D eigenvalue weighted by atomic mass is 9.99. The van der Waals surface area contributed by atoms with Crippen molar-refractivity contribution in [1.29, 1.82) is 0 Å². The zero-order valence-corrected chi connectivity index (χ0v) is 21.2. The lowest BCUT2D eigenvalue weighted by molar-refractivity contribution is -0.274. The number of carbonyl (C=O) groups excluding carboxylic acids is 1. The number of alkyl halides is 3. The molecule has 0 spiro atoms. The van der Waals surface area contributed by atoms with Crippen molar-refractivity contribution in [3.8, 4) is 17.0 Å². The molecular formula is C27H27F3N4O5. The zero-order chi connectivity index (χ0) is 27.1. The third-order valence-electron chi connectivity index (χ3n) is 7.59. The summed E-state index contributed by atoms with van der Waals surface area (Å²) in [5.74, 6) is 0.730. The summed E-state index contributed by atoms with van der Waals surface area (Å²) in [4.78, 5) is 22.6. The summed E-state index contributed by atoms with van der Waals surface area (Å²) in [6, 6.07) is 6.36. The molecule has 0 amide bonds. The Bertz CT molecular complexity index is 1330. The molecular weight excluding hydrogens is 517 g/mol. The number of hydrogen-bond acceptors (Lipinski definition) is 9. The van der Waals surface area contributed by atoms with E-state index in [1.165, 1.54) is 25.4 Å². The van der Waals surface area contributed by atoms with E-state index >= 15 is 0 Å². The molecule has 39 heavy (non-hydrogen) atoms. The van der Waals surface area contributed by atoms with Crippen molar-refractivity contribution in [3.05, 3.63) is 53.7 Å². The maximum Gasteiger partial charge on any atom is 0.573 e. The van der Waals surface area contributed by atoms with Gasteiger partial charge < -0.3 is 23.6 Å². The van der Waals surface area contributed by atoms with E-state index in [2.05, 4.69) is 24.8 Å². The molecule has 2 aromatic heterocycles. The zero-order valence-electron chi connectivity index (χ0n) is 21.2. The van der Waals surface area contributed by atoms with Crippen LogP contribution in [0.5, 0.6) is 5.75 Å². The third-order valence-corrected chi connectivity index (χ3v) is 7.59. The second-order valence-corrected chi connectivity index (χ2v) is 10.1. The molecule has 4 heterocycles. The lowest BCUT2D eigenvalue weighted by Crippen LogP contribution is -2.46. The maximum atomic E-state index is 13.1. The van der Waals surface area contributed by atoms with Crippen LogP contribution >= 0.6 is 0 Å². The molecule has 1 aliphatic carbocycles. The Morgan fingerprint density at radius 1 is 1.08 bits per heavy atom. The fourth-order valence-corrected chi connectivity index (χ4v) is 5.72. The number of methoxy groups -OCH3 is 1. The molecule has 12 heteroatoms. The summed E-state index contributed by atoms with van der Waals surface area (Å²) < 4.78 is 60.2. The van der Waals surface area contributed by atoms with Crippen LogP contribution in [0.1, 0.15) is 66.3 Å². The first-order valence-electron chi connectivity index (χ1n) is 12.9. The van der Waals surface area contributed by atoms with Crippen molar-refractivity contribution in [3.63, 3.8) is 0 Å². The number of piperidine rings is 1. The van der Waals surface area contributed by atoms with Crippen molar-refractivity contribution in [2.45, 2.75) is 75.6 Å². The highest BCUT2D eigenvalue weighted by molar-refractivity contribution is 5.86. The SMILES string of the molecule is COC(=O)c1cnc(N2[C@@H]3CC[C@H]2C[C@H](OCc2c(-c4ccccc4OC(F)(F)F)noc2C2CC2)C3)cn1. The number of hydrogen-bond donors (Lipinski definition) is 0. The molecule has 9 nitrogen and oxygen atoms in total. The summed E-state index contributed by atoms with van der Waals surface area (Å²) in [7, 11) is 1.30. The van der Waals surface area contributed by atoms with Crippen LogP contribution in [0, 0.1) is 0 Å². The minimum Gasteiger partial charge on any atom is -0.464 e. The fourth-order valence-electron chi connectivity index (χ4n) is 5.72. The molecule has 2 aliphatic heterocycles. The molecule has 0 N–H and O–H groups in total. The van der Waals surface area contributed by atoms with Gasteiger partial charge in [-0.1, -0.05) is 17.3 Å². The van der Waals surface area contributed by atoms with Gasteiger partial charge in [-0.05, 0) is 50.7 Å². The number of aromatic nitrogens is 3. The Morgan fingerprint density at radius 3 is 2.46 bits per heavy atom. The molecule has 6 rings (SSSR count). The highest BCUT2D eigenvalue weighted by Gasteiger charge is 2.42. The van der Waals surface area contributed by atoms with Crippen LogP contribution in [-0.2, 0) is 16.1 Å². The van der Waals surface area contributed by atoms with E-state index < -0.39 is 12.3 Å². The number of anilines is 1. The van der Waals surface area contributed by atoms with Crippen molar-refractivity contribution >= 4 is 11.8 Å². The van der Waals surface area contributed by atoms with Gasteiger partial charge in [0.05, 0.1) is 32.2 Å². The van der Waals surface area contributed by atoms with Gasteiger partial charge in [-0.2, -0.15) is 0 Å². The topological polar surface area (TPSA) is 99.8 Å². The van der Waals surface area contributed by atoms with Crippen LogP contribution in [0.2, 0.25) is 0 Å². The average molecular weight is 545 g/mol. The van der Waals surface area contributed by atoms with Crippen LogP contribution in [0.3, 0.4) is 0 Å². The molecule has 206 valence electrons. The third kappa shape index (κ3) is 5.29. The van der Waals surface area contributed by atoms with Crippen molar-refractivity contribution in [2.24, 2.45) is 0 Å². The van der Waals surface area contributed by atoms with Crippen molar-refractivity contribution in [1.82, 2.24) is 15.1 Å². The molecule has 0 radical (unpaired) electrons. The number of benzene rings is 1. The molecule has 3 aromatic rings. The van der Waals surface area contributed by atoms with Gasteiger partial charge in [0.25, 0.3) is 0 Å². The van der Waals surface area contributed by atoms with E-state index in [4.69, 9.17) is 14.0 Å². The highest BCUT2D eigenvalue weighted by Crippen LogP contribution is 2.46. The molecule has 0 unspecified atom stereocenters. The number of esters is 1. The Hall–Kier alpha value is -3.67.